The lowest BCUT2D eigenvalue weighted by molar-refractivity contribution is 0.0312. The van der Waals surface area contributed by atoms with Crippen molar-refractivity contribution in [3.63, 3.8) is 0 Å². The summed E-state index contributed by atoms with van der Waals surface area (Å²) in [5.41, 5.74) is 1.54. The molecule has 3 aromatic rings. The maximum Gasteiger partial charge on any atom is 0.273 e. The first-order valence-electron chi connectivity index (χ1n) is 11.6. The summed E-state index contributed by atoms with van der Waals surface area (Å²) in [5.74, 6) is -1.13. The number of amides is 2. The summed E-state index contributed by atoms with van der Waals surface area (Å²) in [6.45, 7) is 3.96. The van der Waals surface area contributed by atoms with E-state index in [9.17, 15) is 19.1 Å². The molecule has 1 aliphatic rings. The Bertz CT molecular complexity index is 1240. The number of hydrogen-bond donors (Lipinski definition) is 1. The van der Waals surface area contributed by atoms with E-state index in [1.54, 1.807) is 37.1 Å². The molecule has 1 N–H and O–H groups in total. The van der Waals surface area contributed by atoms with E-state index in [1.165, 1.54) is 41.8 Å². The average Bonchev–Trinajstić information content (AvgIpc) is 2.90. The van der Waals surface area contributed by atoms with Crippen molar-refractivity contribution < 1.29 is 23.8 Å². The molecule has 3 atom stereocenters. The van der Waals surface area contributed by atoms with Gasteiger partial charge in [-0.3, -0.25) is 14.6 Å². The molecule has 3 heterocycles. The number of aromatic nitrogens is 3. The first kappa shape index (κ1) is 25.2. The summed E-state index contributed by atoms with van der Waals surface area (Å²) >= 11 is 0. The van der Waals surface area contributed by atoms with Gasteiger partial charge < -0.3 is 19.6 Å². The van der Waals surface area contributed by atoms with Crippen LogP contribution >= 0.6 is 0 Å². The number of aliphatic hydroxyl groups is 1. The Kier molecular flexibility index (Phi) is 7.54. The molecule has 0 saturated carbocycles. The highest BCUT2D eigenvalue weighted by Gasteiger charge is 2.35. The molecule has 0 fully saturated rings. The maximum atomic E-state index is 13.8. The van der Waals surface area contributed by atoms with Crippen LogP contribution in [0.15, 0.2) is 55.1 Å². The second-order valence-corrected chi connectivity index (χ2v) is 8.99. The number of benzene rings is 1. The molecule has 2 amide bonds. The van der Waals surface area contributed by atoms with Gasteiger partial charge in [-0.25, -0.2) is 14.4 Å². The number of rotatable bonds is 6. The molecule has 9 nitrogen and oxygen atoms in total. The summed E-state index contributed by atoms with van der Waals surface area (Å²) in [6, 6.07) is 7.19. The van der Waals surface area contributed by atoms with Crippen molar-refractivity contribution in [2.75, 3.05) is 26.7 Å². The number of fused-ring (bicyclic) bond motifs is 1. The minimum atomic E-state index is -0.511. The topological polar surface area (TPSA) is 109 Å². The Labute approximate surface area is 208 Å². The van der Waals surface area contributed by atoms with Gasteiger partial charge in [-0.2, -0.15) is 0 Å². The van der Waals surface area contributed by atoms with Gasteiger partial charge in [-0.15, -0.1) is 0 Å². The highest BCUT2D eigenvalue weighted by molar-refractivity contribution is 5.98. The third kappa shape index (κ3) is 5.33. The number of halogens is 1. The fourth-order valence-corrected chi connectivity index (χ4v) is 4.10. The fraction of sp³-hybridized carbons (Fsp3) is 0.346. The number of pyridine rings is 1. The summed E-state index contributed by atoms with van der Waals surface area (Å²) in [6.07, 6.45) is 5.36. The van der Waals surface area contributed by atoms with Crippen LogP contribution in [0, 0.1) is 11.7 Å². The summed E-state index contributed by atoms with van der Waals surface area (Å²) in [5, 5.41) is 9.83. The normalized spacial score (nSPS) is 18.5. The van der Waals surface area contributed by atoms with E-state index in [1.807, 2.05) is 6.92 Å². The zero-order valence-electron chi connectivity index (χ0n) is 20.3. The molecule has 0 unspecified atom stereocenters. The lowest BCUT2D eigenvalue weighted by atomic mass is 9.99. The minimum Gasteiger partial charge on any atom is -0.472 e. The largest absolute Gasteiger partial charge is 0.472 e. The van der Waals surface area contributed by atoms with E-state index in [-0.39, 0.29) is 48.0 Å². The average molecular weight is 494 g/mol. The van der Waals surface area contributed by atoms with Crippen LogP contribution in [-0.4, -0.2) is 80.6 Å². The SMILES string of the molecule is C[C@@H]1CN([C@H](C)CO)C(=O)c2cc(-c3cccc(F)c3)cnc2O[C@@H]1CN(C)C(=O)c1cnccn1. The van der Waals surface area contributed by atoms with Crippen molar-refractivity contribution in [2.24, 2.45) is 5.92 Å². The summed E-state index contributed by atoms with van der Waals surface area (Å²) in [7, 11) is 1.65. The lowest BCUT2D eigenvalue weighted by Crippen LogP contribution is -2.50. The Hall–Kier alpha value is -3.92. The molecule has 188 valence electrons. The third-order valence-corrected chi connectivity index (χ3v) is 6.26. The standard InChI is InChI=1S/C26H28FN5O4/c1-16-13-32(17(2)15-33)25(34)21-10-19(18-5-4-6-20(27)9-18)11-30-24(21)36-23(16)14-31(3)26(35)22-12-28-7-8-29-22/h4-12,16-17,23,33H,13-15H2,1-3H3/t16-,17-,23-/m1/s1. The predicted molar refractivity (Wildman–Crippen MR) is 130 cm³/mol. The van der Waals surface area contributed by atoms with E-state index in [0.29, 0.717) is 17.7 Å². The van der Waals surface area contributed by atoms with E-state index in [0.717, 1.165) is 0 Å². The second kappa shape index (κ2) is 10.8. The monoisotopic (exact) mass is 493 g/mol. The molecular formula is C26H28FN5O4. The number of aliphatic hydroxyl groups excluding tert-OH is 1. The Morgan fingerprint density at radius 1 is 1.25 bits per heavy atom. The molecule has 0 spiro atoms. The Morgan fingerprint density at radius 3 is 2.75 bits per heavy atom. The summed E-state index contributed by atoms with van der Waals surface area (Å²) < 4.78 is 20.0. The van der Waals surface area contributed by atoms with Gasteiger partial charge in [0.2, 0.25) is 5.88 Å². The number of carbonyl (C=O) groups excluding carboxylic acids is 2. The van der Waals surface area contributed by atoms with E-state index < -0.39 is 18.0 Å². The Balaban J connectivity index is 1.69. The number of ether oxygens (including phenoxy) is 1. The smallest absolute Gasteiger partial charge is 0.273 e. The van der Waals surface area contributed by atoms with Crippen LogP contribution in [0.25, 0.3) is 11.1 Å². The van der Waals surface area contributed by atoms with Crippen LogP contribution in [-0.2, 0) is 0 Å². The second-order valence-electron chi connectivity index (χ2n) is 8.99. The molecule has 36 heavy (non-hydrogen) atoms. The van der Waals surface area contributed by atoms with Crippen molar-refractivity contribution in [1.29, 1.82) is 0 Å². The number of likely N-dealkylation sites (N-methyl/N-ethyl adjacent to an activating group) is 1. The first-order chi connectivity index (χ1) is 17.3. The molecule has 10 heteroatoms. The molecule has 4 rings (SSSR count). The molecule has 2 aromatic heterocycles. The van der Waals surface area contributed by atoms with Crippen LogP contribution in [0.5, 0.6) is 5.88 Å². The van der Waals surface area contributed by atoms with E-state index in [2.05, 4.69) is 15.0 Å². The van der Waals surface area contributed by atoms with Gasteiger partial charge in [0.25, 0.3) is 11.8 Å². The highest BCUT2D eigenvalue weighted by Crippen LogP contribution is 2.30. The molecule has 0 saturated heterocycles. The van der Waals surface area contributed by atoms with Gasteiger partial charge in [0.05, 0.1) is 25.4 Å². The Morgan fingerprint density at radius 2 is 2.06 bits per heavy atom. The van der Waals surface area contributed by atoms with Gasteiger partial charge in [0.15, 0.2) is 0 Å². The van der Waals surface area contributed by atoms with Crippen LogP contribution in [0.3, 0.4) is 0 Å². The zero-order chi connectivity index (χ0) is 25.8. The molecule has 1 aliphatic heterocycles. The highest BCUT2D eigenvalue weighted by atomic mass is 19.1. The van der Waals surface area contributed by atoms with Crippen molar-refractivity contribution in [2.45, 2.75) is 26.0 Å². The van der Waals surface area contributed by atoms with E-state index in [4.69, 9.17) is 4.74 Å². The number of hydrogen-bond acceptors (Lipinski definition) is 7. The minimum absolute atomic E-state index is 0.118. The van der Waals surface area contributed by atoms with Crippen LogP contribution in [0.2, 0.25) is 0 Å². The predicted octanol–water partition coefficient (Wildman–Crippen LogP) is 2.67. The third-order valence-electron chi connectivity index (χ3n) is 6.26. The van der Waals surface area contributed by atoms with Crippen LogP contribution in [0.1, 0.15) is 34.7 Å². The van der Waals surface area contributed by atoms with Gasteiger partial charge >= 0.3 is 0 Å². The maximum absolute atomic E-state index is 13.8. The summed E-state index contributed by atoms with van der Waals surface area (Å²) in [4.78, 5) is 41.9. The fourth-order valence-electron chi connectivity index (χ4n) is 4.10. The number of carbonyl (C=O) groups is 2. The van der Waals surface area contributed by atoms with Crippen molar-refractivity contribution >= 4 is 11.8 Å². The van der Waals surface area contributed by atoms with Gasteiger partial charge in [0, 0.05) is 43.7 Å². The van der Waals surface area contributed by atoms with Gasteiger partial charge in [-0.05, 0) is 30.7 Å². The van der Waals surface area contributed by atoms with Gasteiger partial charge in [0.1, 0.15) is 23.2 Å². The van der Waals surface area contributed by atoms with Crippen molar-refractivity contribution in [1.82, 2.24) is 24.8 Å². The lowest BCUT2D eigenvalue weighted by Gasteiger charge is -2.37. The first-order valence-corrected chi connectivity index (χ1v) is 11.6. The molecule has 0 radical (unpaired) electrons. The molecule has 0 bridgehead atoms. The zero-order valence-corrected chi connectivity index (χ0v) is 20.3. The van der Waals surface area contributed by atoms with Crippen molar-refractivity contribution in [3.8, 4) is 17.0 Å². The quantitative estimate of drug-likeness (QED) is 0.562. The van der Waals surface area contributed by atoms with E-state index >= 15 is 0 Å². The molecule has 0 aliphatic carbocycles. The molecular weight excluding hydrogens is 465 g/mol. The van der Waals surface area contributed by atoms with Crippen molar-refractivity contribution in [3.05, 3.63) is 72.2 Å². The van der Waals surface area contributed by atoms with Crippen LogP contribution < -0.4 is 4.74 Å². The van der Waals surface area contributed by atoms with Crippen LogP contribution in [0.4, 0.5) is 4.39 Å². The molecule has 1 aromatic carbocycles. The van der Waals surface area contributed by atoms with Gasteiger partial charge in [-0.1, -0.05) is 19.1 Å². The number of nitrogens with zero attached hydrogens (tertiary/aromatic N) is 5.